The zero-order chi connectivity index (χ0) is 39.4. The largest absolute Gasteiger partial charge is 0.506 e. The molecule has 9 rings (SSSR count). The van der Waals surface area contributed by atoms with E-state index in [1.807, 2.05) is 12.1 Å². The molecule has 3 aromatic carbocycles. The lowest BCUT2D eigenvalue weighted by Crippen LogP contribution is -2.64. The second-order valence-electron chi connectivity index (χ2n) is 15.1. The summed E-state index contributed by atoms with van der Waals surface area (Å²) < 4.78 is 30.1. The average molecular weight is 774 g/mol. The van der Waals surface area contributed by atoms with Crippen LogP contribution in [0.4, 0.5) is 0 Å². The summed E-state index contributed by atoms with van der Waals surface area (Å²) in [6.07, 6.45) is 6.08. The van der Waals surface area contributed by atoms with Crippen molar-refractivity contribution < 1.29 is 58.4 Å². The maximum absolute atomic E-state index is 14.5. The average Bonchev–Trinajstić information content (AvgIpc) is 3.96. The zero-order valence-electron chi connectivity index (χ0n) is 31.2. The number of hydrogen-bond donors (Lipinski definition) is 4. The lowest BCUT2D eigenvalue weighted by molar-refractivity contribution is -0.382. The molecule has 0 radical (unpaired) electrons. The molecule has 5 atom stereocenters. The van der Waals surface area contributed by atoms with Crippen LogP contribution in [0.15, 0.2) is 71.5 Å². The molecule has 2 aliphatic carbocycles. The van der Waals surface area contributed by atoms with Gasteiger partial charge in [0.15, 0.2) is 30.0 Å². The number of carbonyl (C=O) groups is 3. The first-order valence-electron chi connectivity index (χ1n) is 19.2. The number of carbonyl (C=O) groups excluding carboxylic acids is 3. The number of nitrogens with zero attached hydrogens (tertiary/aromatic N) is 1. The Morgan fingerprint density at radius 1 is 1.05 bits per heavy atom. The number of hydrogen-bond acceptors (Lipinski definition) is 11. The number of phenolic OH excluding ortho intramolecular Hbond substituents is 1. The Labute approximate surface area is 327 Å². The highest BCUT2D eigenvalue weighted by molar-refractivity contribution is 6.13. The number of Topliss-reactive ketones (excluding diaryl/α,β-unsaturated/α-hetero) is 1. The first-order valence-corrected chi connectivity index (χ1v) is 19.2. The van der Waals surface area contributed by atoms with Gasteiger partial charge in [0.05, 0.1) is 43.4 Å². The van der Waals surface area contributed by atoms with Gasteiger partial charge in [-0.3, -0.25) is 14.4 Å². The molecule has 0 aromatic heterocycles. The van der Waals surface area contributed by atoms with E-state index in [2.05, 4.69) is 17.0 Å². The van der Waals surface area contributed by atoms with Crippen molar-refractivity contribution in [2.45, 2.75) is 75.3 Å². The minimum atomic E-state index is -1.60. The van der Waals surface area contributed by atoms with Gasteiger partial charge in [0.25, 0.3) is 5.91 Å². The minimum absolute atomic E-state index is 0.0115. The SMILES string of the molecule is COc1cc2c3c(O)c(c(C4CCCC4)cc3c1)C(=O)CN1Cc3c(cccc3C1=O)CC#CO[C@@H]1[C@@H](O)[C@@H](O2)O[C@H](COCC2=C3C(=O)C=CC=C3[NH+]=C2)[C@H]1O. The maximum Gasteiger partial charge on any atom is 0.254 e. The van der Waals surface area contributed by atoms with E-state index in [1.165, 1.54) is 24.2 Å². The summed E-state index contributed by atoms with van der Waals surface area (Å²) in [5, 5.41) is 36.2. The Balaban J connectivity index is 1.12. The summed E-state index contributed by atoms with van der Waals surface area (Å²) in [6, 6.07) is 10.5. The lowest BCUT2D eigenvalue weighted by Gasteiger charge is -2.41. The summed E-state index contributed by atoms with van der Waals surface area (Å²) >= 11 is 0. The molecule has 6 aliphatic rings. The fraction of sp³-hybridized carbons (Fsp3) is 0.364. The van der Waals surface area contributed by atoms with E-state index < -0.39 is 36.5 Å². The van der Waals surface area contributed by atoms with Crippen molar-refractivity contribution in [3.63, 3.8) is 0 Å². The number of methoxy groups -OCH3 is 1. The highest BCUT2D eigenvalue weighted by atomic mass is 16.7. The zero-order valence-corrected chi connectivity index (χ0v) is 31.2. The molecular weight excluding hydrogens is 732 g/mol. The molecule has 4 aliphatic heterocycles. The summed E-state index contributed by atoms with van der Waals surface area (Å²) in [4.78, 5) is 45.3. The maximum atomic E-state index is 14.5. The van der Waals surface area contributed by atoms with Crippen LogP contribution in [0.25, 0.3) is 10.8 Å². The Bertz CT molecular complexity index is 2400. The molecule has 13 heteroatoms. The Kier molecular flexibility index (Phi) is 9.66. The number of rotatable bonds is 6. The van der Waals surface area contributed by atoms with Crippen LogP contribution in [0.5, 0.6) is 17.2 Å². The highest BCUT2D eigenvalue weighted by Gasteiger charge is 2.48. The van der Waals surface area contributed by atoms with Gasteiger partial charge in [0.2, 0.25) is 12.0 Å². The van der Waals surface area contributed by atoms with Crippen LogP contribution in [0.3, 0.4) is 0 Å². The molecule has 1 saturated heterocycles. The van der Waals surface area contributed by atoms with Crippen LogP contribution in [-0.4, -0.2) is 101 Å². The second kappa shape index (κ2) is 14.9. The van der Waals surface area contributed by atoms with Gasteiger partial charge in [-0.1, -0.05) is 37.0 Å². The van der Waals surface area contributed by atoms with Crippen LogP contribution < -0.4 is 14.5 Å². The van der Waals surface area contributed by atoms with Gasteiger partial charge in [-0.15, -0.1) is 0 Å². The summed E-state index contributed by atoms with van der Waals surface area (Å²) in [6.45, 7) is -0.246. The fourth-order valence-electron chi connectivity index (χ4n) is 8.80. The third kappa shape index (κ3) is 6.58. The molecule has 57 heavy (non-hydrogen) atoms. The topological polar surface area (TPSA) is 175 Å². The van der Waals surface area contributed by atoms with E-state index in [9.17, 15) is 29.7 Å². The second-order valence-corrected chi connectivity index (χ2v) is 15.1. The van der Waals surface area contributed by atoms with Crippen molar-refractivity contribution in [3.05, 3.63) is 99.3 Å². The molecule has 4 heterocycles. The first-order chi connectivity index (χ1) is 27.7. The number of amides is 1. The normalized spacial score (nSPS) is 25.5. The van der Waals surface area contributed by atoms with E-state index in [-0.39, 0.29) is 72.8 Å². The van der Waals surface area contributed by atoms with E-state index in [1.54, 1.807) is 36.6 Å². The van der Waals surface area contributed by atoms with Crippen molar-refractivity contribution in [1.82, 2.24) is 4.90 Å². The molecule has 3 aromatic rings. The third-order valence-corrected chi connectivity index (χ3v) is 11.7. The van der Waals surface area contributed by atoms with Gasteiger partial charge >= 0.3 is 0 Å². The molecule has 2 fully saturated rings. The number of ketones is 2. The van der Waals surface area contributed by atoms with Crippen LogP contribution >= 0.6 is 0 Å². The Morgan fingerprint density at radius 3 is 2.72 bits per heavy atom. The van der Waals surface area contributed by atoms with Crippen molar-refractivity contribution in [1.29, 1.82) is 0 Å². The molecule has 0 unspecified atom stereocenters. The number of nitrogens with one attached hydrogen (secondary N) is 1. The molecule has 4 N–H and O–H groups in total. The van der Waals surface area contributed by atoms with Crippen molar-refractivity contribution in [2.75, 3.05) is 26.9 Å². The van der Waals surface area contributed by atoms with Crippen molar-refractivity contribution in [3.8, 4) is 29.3 Å². The molecule has 1 amide bonds. The van der Waals surface area contributed by atoms with Crippen LogP contribution in [-0.2, 0) is 32.0 Å². The highest BCUT2D eigenvalue weighted by Crippen LogP contribution is 2.47. The number of aliphatic hydroxyl groups excluding tert-OH is 2. The van der Waals surface area contributed by atoms with Crippen molar-refractivity contribution in [2.24, 2.45) is 0 Å². The first kappa shape index (κ1) is 36.8. The summed E-state index contributed by atoms with van der Waals surface area (Å²) in [5.74, 6) is 2.21. The van der Waals surface area contributed by atoms with Crippen molar-refractivity contribution >= 4 is 34.5 Å². The number of aromatic hydroxyl groups is 1. The molecule has 0 spiro atoms. The number of benzene rings is 3. The Morgan fingerprint density at radius 2 is 1.89 bits per heavy atom. The van der Waals surface area contributed by atoms with E-state index in [0.29, 0.717) is 39.1 Å². The van der Waals surface area contributed by atoms with Gasteiger partial charge in [-0.2, -0.15) is 0 Å². The minimum Gasteiger partial charge on any atom is -0.506 e. The predicted octanol–water partition coefficient (Wildman–Crippen LogP) is 2.28. The van der Waals surface area contributed by atoms with E-state index >= 15 is 0 Å². The number of aliphatic hydroxyl groups is 2. The third-order valence-electron chi connectivity index (χ3n) is 11.7. The molecule has 1 saturated carbocycles. The molecule has 292 valence electrons. The van der Waals surface area contributed by atoms with Gasteiger partial charge in [-0.25, -0.2) is 4.99 Å². The summed E-state index contributed by atoms with van der Waals surface area (Å²) in [7, 11) is 1.49. The lowest BCUT2D eigenvalue weighted by atomic mass is 9.87. The predicted molar refractivity (Wildman–Crippen MR) is 204 cm³/mol. The van der Waals surface area contributed by atoms with E-state index in [4.69, 9.17) is 23.7 Å². The fourth-order valence-corrected chi connectivity index (χ4v) is 8.80. The van der Waals surface area contributed by atoms with Crippen LogP contribution in [0.1, 0.15) is 69.0 Å². The monoisotopic (exact) mass is 773 g/mol. The van der Waals surface area contributed by atoms with Crippen LogP contribution in [0.2, 0.25) is 0 Å². The van der Waals surface area contributed by atoms with Gasteiger partial charge in [0.1, 0.15) is 41.1 Å². The van der Waals surface area contributed by atoms with Gasteiger partial charge in [-0.05, 0) is 65.1 Å². The quantitative estimate of drug-likeness (QED) is 0.271. The molecule has 6 bridgehead atoms. The van der Waals surface area contributed by atoms with Gasteiger partial charge in [0, 0.05) is 30.7 Å². The number of ether oxygens (including phenoxy) is 5. The standard InChI is InChI=1S/C44H40N2O11/c1-53-27-15-25-16-29(23-7-2-3-8-23)38-33(48)20-46-19-30-24(9-4-11-28(30)43(46)52)10-6-14-55-42-39(49)35(57-44(41(42)51)56-34(17-27)37(25)40(38)50)22-54-21-26-18-45-31-12-5-13-32(47)36(26)31/h4-5,9,11-13,15-18,23,35,39,41-42,44,49-51H,2-3,7-8,10,19-22H2,1H3/p+1/t35-,39-,41-,42+,44+/m1/s1. The Hall–Kier alpha value is -5.78. The molecular formula is C44H41N2O11+. The van der Waals surface area contributed by atoms with Gasteiger partial charge < -0.3 is 43.9 Å². The smallest absolute Gasteiger partial charge is 0.254 e. The molecule has 13 nitrogen and oxygen atoms in total. The van der Waals surface area contributed by atoms with Crippen LogP contribution in [0, 0.1) is 12.0 Å². The number of fused-ring (bicyclic) bond motifs is 5. The number of phenols is 1. The number of allylic oxidation sites excluding steroid dienone is 4. The van der Waals surface area contributed by atoms with E-state index in [0.717, 1.165) is 36.8 Å². The summed E-state index contributed by atoms with van der Waals surface area (Å²) in [5.41, 5.74) is 4.59.